The first-order valence-electron chi connectivity index (χ1n) is 5.72. The molecule has 0 aliphatic carbocycles. The maximum Gasteiger partial charge on any atom is 0.373 e. The monoisotopic (exact) mass is 323 g/mol. The summed E-state index contributed by atoms with van der Waals surface area (Å²) in [5.74, 6) is 0.168. The van der Waals surface area contributed by atoms with Gasteiger partial charge in [0.1, 0.15) is 5.76 Å². The molecule has 1 aromatic heterocycles. The quantitative estimate of drug-likeness (QED) is 0.881. The Bertz CT molecular complexity index is 586. The molecule has 100 valence electrons. The highest BCUT2D eigenvalue weighted by Crippen LogP contribution is 2.25. The molecule has 2 N–H and O–H groups in total. The van der Waals surface area contributed by atoms with Gasteiger partial charge in [0.15, 0.2) is 0 Å². The number of carbonyl (C=O) groups is 1. The highest BCUT2D eigenvalue weighted by molar-refractivity contribution is 9.10. The number of ether oxygens (including phenoxy) is 1. The third-order valence-electron chi connectivity index (χ3n) is 2.74. The SMILES string of the molecule is COC(=O)c1ccc(C(N)c2cc(C)cc(Br)c2)o1. The zero-order chi connectivity index (χ0) is 14.0. The van der Waals surface area contributed by atoms with Crippen LogP contribution in [0.5, 0.6) is 0 Å². The second-order valence-corrected chi connectivity index (χ2v) is 5.15. The molecule has 0 saturated heterocycles. The van der Waals surface area contributed by atoms with Gasteiger partial charge >= 0.3 is 5.97 Å². The number of hydrogen-bond acceptors (Lipinski definition) is 4. The van der Waals surface area contributed by atoms with E-state index in [1.165, 1.54) is 7.11 Å². The van der Waals surface area contributed by atoms with Crippen LogP contribution in [0, 0.1) is 6.92 Å². The van der Waals surface area contributed by atoms with Crippen LogP contribution < -0.4 is 5.73 Å². The Labute approximate surface area is 119 Å². The molecule has 1 unspecified atom stereocenters. The number of esters is 1. The van der Waals surface area contributed by atoms with Gasteiger partial charge in [-0.25, -0.2) is 4.79 Å². The third-order valence-corrected chi connectivity index (χ3v) is 3.20. The lowest BCUT2D eigenvalue weighted by Crippen LogP contribution is -2.11. The van der Waals surface area contributed by atoms with Crippen LogP contribution in [0.2, 0.25) is 0 Å². The molecule has 0 aliphatic rings. The first-order chi connectivity index (χ1) is 9.01. The van der Waals surface area contributed by atoms with Crippen LogP contribution in [0.1, 0.15) is 33.5 Å². The Morgan fingerprint density at radius 3 is 2.74 bits per heavy atom. The average molecular weight is 324 g/mol. The van der Waals surface area contributed by atoms with E-state index in [0.29, 0.717) is 5.76 Å². The second-order valence-electron chi connectivity index (χ2n) is 4.23. The van der Waals surface area contributed by atoms with Crippen molar-refractivity contribution in [2.75, 3.05) is 7.11 Å². The summed E-state index contributed by atoms with van der Waals surface area (Å²) in [5, 5.41) is 0. The van der Waals surface area contributed by atoms with Crippen molar-refractivity contribution in [2.24, 2.45) is 5.73 Å². The lowest BCUT2D eigenvalue weighted by Gasteiger charge is -2.10. The summed E-state index contributed by atoms with van der Waals surface area (Å²) >= 11 is 3.43. The van der Waals surface area contributed by atoms with Gasteiger partial charge in [-0.15, -0.1) is 0 Å². The van der Waals surface area contributed by atoms with Crippen LogP contribution >= 0.6 is 15.9 Å². The van der Waals surface area contributed by atoms with Crippen molar-refractivity contribution >= 4 is 21.9 Å². The molecule has 4 nitrogen and oxygen atoms in total. The Morgan fingerprint density at radius 1 is 1.37 bits per heavy atom. The van der Waals surface area contributed by atoms with Gasteiger partial charge in [0.2, 0.25) is 5.76 Å². The Hall–Kier alpha value is -1.59. The summed E-state index contributed by atoms with van der Waals surface area (Å²) in [6.07, 6.45) is 0. The van der Waals surface area contributed by atoms with E-state index in [0.717, 1.165) is 15.6 Å². The molecule has 0 bridgehead atoms. The molecule has 0 saturated carbocycles. The molecule has 2 aromatic rings. The molecule has 0 aliphatic heterocycles. The zero-order valence-electron chi connectivity index (χ0n) is 10.6. The van der Waals surface area contributed by atoms with Crippen molar-refractivity contribution < 1.29 is 13.9 Å². The van der Waals surface area contributed by atoms with Crippen molar-refractivity contribution in [1.29, 1.82) is 0 Å². The van der Waals surface area contributed by atoms with E-state index in [-0.39, 0.29) is 5.76 Å². The molecular weight excluding hydrogens is 310 g/mol. The second kappa shape index (κ2) is 5.59. The molecule has 5 heteroatoms. The van der Waals surface area contributed by atoms with Crippen LogP contribution in [0.25, 0.3) is 0 Å². The fraction of sp³-hybridized carbons (Fsp3) is 0.214. The van der Waals surface area contributed by atoms with Crippen LogP contribution in [0.15, 0.2) is 39.2 Å². The van der Waals surface area contributed by atoms with E-state index >= 15 is 0 Å². The fourth-order valence-electron chi connectivity index (χ4n) is 1.84. The number of benzene rings is 1. The predicted molar refractivity (Wildman–Crippen MR) is 75.0 cm³/mol. The van der Waals surface area contributed by atoms with E-state index in [1.807, 2.05) is 25.1 Å². The Kier molecular flexibility index (Phi) is 4.07. The topological polar surface area (TPSA) is 65.5 Å². The summed E-state index contributed by atoms with van der Waals surface area (Å²) in [6, 6.07) is 8.74. The average Bonchev–Trinajstić information content (AvgIpc) is 2.85. The number of carbonyl (C=O) groups excluding carboxylic acids is 1. The zero-order valence-corrected chi connectivity index (χ0v) is 12.2. The first kappa shape index (κ1) is 13.8. The number of halogens is 1. The number of nitrogens with two attached hydrogens (primary N) is 1. The summed E-state index contributed by atoms with van der Waals surface area (Å²) in [7, 11) is 1.31. The van der Waals surface area contributed by atoms with E-state index in [1.54, 1.807) is 12.1 Å². The van der Waals surface area contributed by atoms with Crippen LogP contribution in [0.4, 0.5) is 0 Å². The minimum Gasteiger partial charge on any atom is -0.463 e. The molecule has 1 aromatic carbocycles. The molecular formula is C14H14BrNO3. The lowest BCUT2D eigenvalue weighted by atomic mass is 10.0. The number of aryl methyl sites for hydroxylation is 1. The van der Waals surface area contributed by atoms with Crippen molar-refractivity contribution in [3.8, 4) is 0 Å². The molecule has 1 atom stereocenters. The van der Waals surface area contributed by atoms with Crippen LogP contribution in [0.3, 0.4) is 0 Å². The summed E-state index contributed by atoms with van der Waals surface area (Å²) in [6.45, 7) is 1.99. The lowest BCUT2D eigenvalue weighted by molar-refractivity contribution is 0.0562. The first-order valence-corrected chi connectivity index (χ1v) is 6.51. The molecule has 19 heavy (non-hydrogen) atoms. The fourth-order valence-corrected chi connectivity index (χ4v) is 2.46. The normalized spacial score (nSPS) is 12.2. The van der Waals surface area contributed by atoms with Gasteiger partial charge in [0.05, 0.1) is 13.2 Å². The minimum atomic E-state index is -0.510. The standard InChI is InChI=1S/C14H14BrNO3/c1-8-5-9(7-10(15)6-8)13(16)11-3-4-12(19-11)14(17)18-2/h3-7,13H,16H2,1-2H3. The highest BCUT2D eigenvalue weighted by atomic mass is 79.9. The van der Waals surface area contributed by atoms with Gasteiger partial charge in [-0.05, 0) is 42.3 Å². The summed E-state index contributed by atoms with van der Waals surface area (Å²) in [4.78, 5) is 11.3. The number of hydrogen-bond donors (Lipinski definition) is 1. The maximum atomic E-state index is 11.3. The van der Waals surface area contributed by atoms with Gasteiger partial charge in [-0.1, -0.05) is 22.0 Å². The number of furan rings is 1. The van der Waals surface area contributed by atoms with Gasteiger partial charge < -0.3 is 14.9 Å². The molecule has 0 fully saturated rings. The van der Waals surface area contributed by atoms with Crippen LogP contribution in [-0.2, 0) is 4.74 Å². The molecule has 0 amide bonds. The highest BCUT2D eigenvalue weighted by Gasteiger charge is 2.17. The van der Waals surface area contributed by atoms with E-state index in [4.69, 9.17) is 10.2 Å². The smallest absolute Gasteiger partial charge is 0.373 e. The number of rotatable bonds is 3. The Balaban J connectivity index is 2.30. The van der Waals surface area contributed by atoms with Crippen LogP contribution in [-0.4, -0.2) is 13.1 Å². The van der Waals surface area contributed by atoms with Crippen molar-refractivity contribution in [2.45, 2.75) is 13.0 Å². The van der Waals surface area contributed by atoms with Crippen molar-refractivity contribution in [1.82, 2.24) is 0 Å². The molecule has 2 rings (SSSR count). The predicted octanol–water partition coefficient (Wildman–Crippen LogP) is 3.19. The van der Waals surface area contributed by atoms with E-state index in [2.05, 4.69) is 20.7 Å². The molecule has 0 spiro atoms. The molecule has 1 heterocycles. The summed E-state index contributed by atoms with van der Waals surface area (Å²) < 4.78 is 11.0. The van der Waals surface area contributed by atoms with E-state index < -0.39 is 12.0 Å². The van der Waals surface area contributed by atoms with Crippen molar-refractivity contribution in [3.05, 3.63) is 57.5 Å². The third kappa shape index (κ3) is 3.05. The Morgan fingerprint density at radius 2 is 2.11 bits per heavy atom. The van der Waals surface area contributed by atoms with Gasteiger partial charge in [-0.3, -0.25) is 0 Å². The largest absolute Gasteiger partial charge is 0.463 e. The number of methoxy groups -OCH3 is 1. The van der Waals surface area contributed by atoms with Gasteiger partial charge in [0, 0.05) is 4.47 Å². The molecule has 0 radical (unpaired) electrons. The van der Waals surface area contributed by atoms with Crippen molar-refractivity contribution in [3.63, 3.8) is 0 Å². The van der Waals surface area contributed by atoms with Gasteiger partial charge in [0.25, 0.3) is 0 Å². The minimum absolute atomic E-state index is 0.152. The van der Waals surface area contributed by atoms with E-state index in [9.17, 15) is 4.79 Å². The van der Waals surface area contributed by atoms with Gasteiger partial charge in [-0.2, -0.15) is 0 Å². The summed E-state index contributed by atoms with van der Waals surface area (Å²) in [5.41, 5.74) is 8.15. The maximum absolute atomic E-state index is 11.3.